The molecule has 244 valence electrons. The summed E-state index contributed by atoms with van der Waals surface area (Å²) in [5.74, 6) is 0.999. The lowest BCUT2D eigenvalue weighted by Crippen LogP contribution is -2.43. The standard InChI is InChI=1S/C34H33F4N7O2/c1-2-21-25(36)4-3-18-7-20(40)8-22(26(18)21)29-28(38)30-23(12-41-29)32(45-5-6-46-15-24-27(37)31(24)45)43-33(42-30)47-16-34-9-17(11-39)13-44(34)14-19(35)10-34/h1,3-4,7-8,12,17,19,24,27,31H,5-6,9-11,13-16,39-40H2/t17-,19-,24+,27+,31+,34+/m1/s1. The van der Waals surface area contributed by atoms with Crippen LogP contribution in [0.5, 0.6) is 6.01 Å². The van der Waals surface area contributed by atoms with Crippen LogP contribution >= 0.6 is 0 Å². The number of hydrogen-bond acceptors (Lipinski definition) is 9. The van der Waals surface area contributed by atoms with Crippen LogP contribution in [0.2, 0.25) is 0 Å². The number of rotatable bonds is 6. The van der Waals surface area contributed by atoms with Gasteiger partial charge in [0.25, 0.3) is 0 Å². The van der Waals surface area contributed by atoms with Crippen molar-refractivity contribution in [3.63, 3.8) is 0 Å². The second kappa shape index (κ2) is 11.2. The number of anilines is 2. The maximum absolute atomic E-state index is 16.9. The van der Waals surface area contributed by atoms with Gasteiger partial charge in [0.05, 0.1) is 35.7 Å². The molecule has 9 nitrogen and oxygen atoms in total. The molecular weight excluding hydrogens is 614 g/mol. The molecule has 1 aliphatic carbocycles. The maximum atomic E-state index is 16.9. The number of nitrogens with two attached hydrogens (primary N) is 2. The normalized spacial score (nSPS) is 28.7. The lowest BCUT2D eigenvalue weighted by molar-refractivity contribution is 0.107. The van der Waals surface area contributed by atoms with Crippen LogP contribution in [-0.4, -0.2) is 89.8 Å². The number of alkyl halides is 2. The Bertz CT molecular complexity index is 1960. The number of pyridine rings is 1. The maximum Gasteiger partial charge on any atom is 0.319 e. The molecule has 6 atom stereocenters. The lowest BCUT2D eigenvalue weighted by atomic mass is 9.90. The largest absolute Gasteiger partial charge is 0.461 e. The molecule has 47 heavy (non-hydrogen) atoms. The SMILES string of the molecule is C#Cc1c(F)ccc2cc(N)cc(-c3ncc4c(N5CCOC[C@H]6[C@H](F)[C@H]65)nc(OC[C@]56C[C@@H](F)CN5C[C@@H](CN)C6)nc4c3F)c12. The van der Waals surface area contributed by atoms with E-state index < -0.39 is 35.6 Å². The van der Waals surface area contributed by atoms with E-state index in [1.54, 1.807) is 11.0 Å². The average molecular weight is 648 g/mol. The molecule has 8 rings (SSSR count). The van der Waals surface area contributed by atoms with Gasteiger partial charge in [-0.15, -0.1) is 6.42 Å². The lowest BCUT2D eigenvalue weighted by Gasteiger charge is -2.31. The summed E-state index contributed by atoms with van der Waals surface area (Å²) in [6.45, 7) is 2.39. The third kappa shape index (κ3) is 4.84. The minimum absolute atomic E-state index is 0.0524. The minimum Gasteiger partial charge on any atom is -0.461 e. The first kappa shape index (κ1) is 30.1. The molecule has 0 radical (unpaired) electrons. The zero-order chi connectivity index (χ0) is 32.6. The summed E-state index contributed by atoms with van der Waals surface area (Å²) in [5.41, 5.74) is 11.7. The Balaban J connectivity index is 1.28. The van der Waals surface area contributed by atoms with Gasteiger partial charge in [0.2, 0.25) is 0 Å². The fraction of sp³-hybridized carbons (Fsp3) is 0.441. The van der Waals surface area contributed by atoms with Crippen LogP contribution in [0.4, 0.5) is 29.1 Å². The van der Waals surface area contributed by atoms with E-state index in [2.05, 4.69) is 25.8 Å². The molecule has 2 aromatic heterocycles. The highest BCUT2D eigenvalue weighted by Gasteiger charge is 2.57. The Labute approximate surface area is 268 Å². The van der Waals surface area contributed by atoms with E-state index in [9.17, 15) is 13.2 Å². The van der Waals surface area contributed by atoms with Gasteiger partial charge >= 0.3 is 6.01 Å². The third-order valence-electron chi connectivity index (χ3n) is 10.2. The highest BCUT2D eigenvalue weighted by molar-refractivity contribution is 6.03. The predicted octanol–water partition coefficient (Wildman–Crippen LogP) is 4.00. The van der Waals surface area contributed by atoms with Gasteiger partial charge < -0.3 is 25.8 Å². The number of terminal acetylenes is 1. The number of benzene rings is 2. The van der Waals surface area contributed by atoms with Crippen molar-refractivity contribution in [3.05, 3.63) is 47.7 Å². The second-order valence-electron chi connectivity index (χ2n) is 13.1. The number of nitrogen functional groups attached to an aromatic ring is 1. The van der Waals surface area contributed by atoms with Crippen LogP contribution in [0.3, 0.4) is 0 Å². The van der Waals surface area contributed by atoms with Crippen molar-refractivity contribution < 1.29 is 27.0 Å². The van der Waals surface area contributed by atoms with Crippen molar-refractivity contribution in [1.29, 1.82) is 0 Å². The highest BCUT2D eigenvalue weighted by atomic mass is 19.1. The van der Waals surface area contributed by atoms with Crippen molar-refractivity contribution in [2.75, 3.05) is 56.6 Å². The first-order valence-electron chi connectivity index (χ1n) is 15.8. The fourth-order valence-electron chi connectivity index (χ4n) is 7.97. The molecule has 4 fully saturated rings. The van der Waals surface area contributed by atoms with Crippen LogP contribution in [-0.2, 0) is 4.74 Å². The molecule has 0 unspecified atom stereocenters. The summed E-state index contributed by atoms with van der Waals surface area (Å²) in [6.07, 6.45) is 5.89. The molecule has 13 heteroatoms. The molecule has 0 spiro atoms. The van der Waals surface area contributed by atoms with Gasteiger partial charge in [-0.25, -0.2) is 17.6 Å². The monoisotopic (exact) mass is 647 g/mol. The Hall–Kier alpha value is -4.25. The van der Waals surface area contributed by atoms with Crippen LogP contribution in [0.1, 0.15) is 18.4 Å². The van der Waals surface area contributed by atoms with E-state index in [-0.39, 0.29) is 83.0 Å². The second-order valence-corrected chi connectivity index (χ2v) is 13.1. The third-order valence-corrected chi connectivity index (χ3v) is 10.2. The van der Waals surface area contributed by atoms with Crippen molar-refractivity contribution in [2.45, 2.75) is 36.8 Å². The number of hydrogen-bond donors (Lipinski definition) is 2. The average Bonchev–Trinajstić information content (AvgIpc) is 3.51. The van der Waals surface area contributed by atoms with Gasteiger partial charge in [-0.05, 0) is 42.5 Å². The van der Waals surface area contributed by atoms with Gasteiger partial charge in [0.1, 0.15) is 41.8 Å². The van der Waals surface area contributed by atoms with E-state index in [0.29, 0.717) is 43.7 Å². The van der Waals surface area contributed by atoms with Crippen molar-refractivity contribution in [1.82, 2.24) is 19.9 Å². The van der Waals surface area contributed by atoms with Crippen molar-refractivity contribution in [2.24, 2.45) is 17.6 Å². The zero-order valence-corrected chi connectivity index (χ0v) is 25.4. The molecular formula is C34H33F4N7O2. The van der Waals surface area contributed by atoms with Crippen molar-refractivity contribution in [3.8, 4) is 29.6 Å². The molecule has 3 saturated heterocycles. The van der Waals surface area contributed by atoms with Crippen molar-refractivity contribution >= 4 is 33.2 Å². The first-order chi connectivity index (χ1) is 22.7. The first-order valence-corrected chi connectivity index (χ1v) is 15.8. The molecule has 0 bridgehead atoms. The summed E-state index contributed by atoms with van der Waals surface area (Å²) >= 11 is 0. The van der Waals surface area contributed by atoms with E-state index in [0.717, 1.165) is 0 Å². The number of halogens is 4. The Morgan fingerprint density at radius 2 is 2.00 bits per heavy atom. The van der Waals surface area contributed by atoms with Gasteiger partial charge in [-0.2, -0.15) is 9.97 Å². The Kier molecular flexibility index (Phi) is 7.16. The number of ether oxygens (including phenoxy) is 2. The quantitative estimate of drug-likeness (QED) is 0.182. The summed E-state index contributed by atoms with van der Waals surface area (Å²) in [6, 6.07) is 5.21. The molecule has 3 aliphatic heterocycles. The molecule has 5 heterocycles. The topological polar surface area (TPSA) is 116 Å². The summed E-state index contributed by atoms with van der Waals surface area (Å²) < 4.78 is 73.2. The predicted molar refractivity (Wildman–Crippen MR) is 169 cm³/mol. The Morgan fingerprint density at radius 1 is 1.15 bits per heavy atom. The van der Waals surface area contributed by atoms with E-state index in [4.69, 9.17) is 27.4 Å². The summed E-state index contributed by atoms with van der Waals surface area (Å²) in [7, 11) is 0. The van der Waals surface area contributed by atoms with Gasteiger partial charge in [0.15, 0.2) is 5.82 Å². The van der Waals surface area contributed by atoms with Crippen LogP contribution in [0.25, 0.3) is 32.9 Å². The molecule has 2 aromatic carbocycles. The number of aromatic nitrogens is 3. The smallest absolute Gasteiger partial charge is 0.319 e. The van der Waals surface area contributed by atoms with Crippen LogP contribution < -0.4 is 21.1 Å². The van der Waals surface area contributed by atoms with Gasteiger partial charge in [-0.1, -0.05) is 12.0 Å². The number of nitrogens with zero attached hydrogens (tertiary/aromatic N) is 5. The minimum atomic E-state index is -1.14. The molecule has 4 N–H and O–H groups in total. The van der Waals surface area contributed by atoms with E-state index in [1.165, 1.54) is 24.4 Å². The summed E-state index contributed by atoms with van der Waals surface area (Å²) in [5, 5.41) is 1.03. The van der Waals surface area contributed by atoms with Gasteiger partial charge in [-0.3, -0.25) is 9.88 Å². The fourth-order valence-corrected chi connectivity index (χ4v) is 7.97. The zero-order valence-electron chi connectivity index (χ0n) is 25.4. The van der Waals surface area contributed by atoms with Crippen LogP contribution in [0, 0.1) is 35.8 Å². The highest BCUT2D eigenvalue weighted by Crippen LogP contribution is 2.46. The van der Waals surface area contributed by atoms with E-state index in [1.807, 2.05) is 0 Å². The number of fused-ring (bicyclic) bond motifs is 4. The van der Waals surface area contributed by atoms with E-state index >= 15 is 4.39 Å². The van der Waals surface area contributed by atoms with Crippen LogP contribution in [0.15, 0.2) is 30.5 Å². The molecule has 4 aliphatic rings. The molecule has 0 amide bonds. The Morgan fingerprint density at radius 3 is 2.81 bits per heavy atom. The van der Waals surface area contributed by atoms with Gasteiger partial charge in [0, 0.05) is 54.8 Å². The molecule has 4 aromatic rings. The molecule has 1 saturated carbocycles. The summed E-state index contributed by atoms with van der Waals surface area (Å²) in [4.78, 5) is 17.5.